The molecule has 0 bridgehead atoms. The molecule has 0 saturated carbocycles. The summed E-state index contributed by atoms with van der Waals surface area (Å²) in [6, 6.07) is 9.09. The van der Waals surface area contributed by atoms with E-state index in [1.165, 1.54) is 28.6 Å². The molecule has 0 saturated heterocycles. The molecule has 114 valence electrons. The molecule has 20 heavy (non-hydrogen) atoms. The lowest BCUT2D eigenvalue weighted by atomic mass is 9.89. The summed E-state index contributed by atoms with van der Waals surface area (Å²) in [5, 5.41) is 3.70. The van der Waals surface area contributed by atoms with Crippen molar-refractivity contribution in [2.45, 2.75) is 57.9 Å². The molecule has 1 nitrogen and oxygen atoms in total. The van der Waals surface area contributed by atoms with Gasteiger partial charge in [-0.05, 0) is 59.3 Å². The van der Waals surface area contributed by atoms with Gasteiger partial charge in [-0.2, -0.15) is 0 Å². The molecule has 0 aliphatic rings. The van der Waals surface area contributed by atoms with Gasteiger partial charge in [0.15, 0.2) is 0 Å². The zero-order chi connectivity index (χ0) is 15.0. The lowest BCUT2D eigenvalue weighted by Gasteiger charge is -2.24. The molecule has 1 unspecified atom stereocenters. The number of nitrogens with one attached hydrogen (secondary N) is 1. The lowest BCUT2D eigenvalue weighted by Crippen LogP contribution is -2.33. The Morgan fingerprint density at radius 2 is 1.95 bits per heavy atom. The minimum atomic E-state index is 0.421. The predicted molar refractivity (Wildman–Crippen MR) is 95.6 cm³/mol. The van der Waals surface area contributed by atoms with E-state index in [1.807, 2.05) is 11.8 Å². The molecule has 0 aliphatic carbocycles. The third-order valence-corrected chi connectivity index (χ3v) is 5.39. The molecular formula is C17H28BrNS. The van der Waals surface area contributed by atoms with Gasteiger partial charge in [0.05, 0.1) is 0 Å². The van der Waals surface area contributed by atoms with Gasteiger partial charge < -0.3 is 5.32 Å². The van der Waals surface area contributed by atoms with E-state index in [-0.39, 0.29) is 0 Å². The molecule has 0 fully saturated rings. The van der Waals surface area contributed by atoms with Crippen LogP contribution in [-0.4, -0.2) is 18.3 Å². The van der Waals surface area contributed by atoms with E-state index in [1.54, 1.807) is 0 Å². The average molecular weight is 358 g/mol. The highest BCUT2D eigenvalue weighted by atomic mass is 79.9. The highest BCUT2D eigenvalue weighted by Crippen LogP contribution is 2.29. The zero-order valence-corrected chi connectivity index (χ0v) is 15.6. The van der Waals surface area contributed by atoms with Crippen molar-refractivity contribution in [2.75, 3.05) is 12.3 Å². The summed E-state index contributed by atoms with van der Waals surface area (Å²) in [6.07, 6.45) is 3.72. The number of hydrogen-bond acceptors (Lipinski definition) is 2. The van der Waals surface area contributed by atoms with E-state index in [2.05, 4.69) is 73.2 Å². The van der Waals surface area contributed by atoms with Crippen LogP contribution in [-0.2, 0) is 0 Å². The third-order valence-electron chi connectivity index (χ3n) is 3.20. The highest BCUT2D eigenvalue weighted by molar-refractivity contribution is 9.10. The Kier molecular flexibility index (Phi) is 8.23. The predicted octanol–water partition coefficient (Wildman–Crippen LogP) is 5.74. The SMILES string of the molecule is CCCNC(CCC(C)(C)C)CSc1ccccc1Br. The van der Waals surface area contributed by atoms with Crippen molar-refractivity contribution >= 4 is 27.7 Å². The Labute approximate surface area is 137 Å². The molecule has 1 N–H and O–H groups in total. The van der Waals surface area contributed by atoms with Crippen LogP contribution in [0.1, 0.15) is 47.0 Å². The van der Waals surface area contributed by atoms with Crippen LogP contribution in [0.4, 0.5) is 0 Å². The van der Waals surface area contributed by atoms with Gasteiger partial charge in [-0.3, -0.25) is 0 Å². The summed E-state index contributed by atoms with van der Waals surface area (Å²) in [4.78, 5) is 1.34. The maximum atomic E-state index is 3.70. The Bertz CT molecular complexity index is 387. The summed E-state index contributed by atoms with van der Waals surface area (Å²) >= 11 is 5.58. The van der Waals surface area contributed by atoms with Crippen LogP contribution in [0.2, 0.25) is 0 Å². The molecule has 1 aromatic rings. The zero-order valence-electron chi connectivity index (χ0n) is 13.2. The van der Waals surface area contributed by atoms with Crippen LogP contribution >= 0.6 is 27.7 Å². The second-order valence-electron chi connectivity index (χ2n) is 6.49. The number of hydrogen-bond donors (Lipinski definition) is 1. The number of benzene rings is 1. The van der Waals surface area contributed by atoms with Crippen molar-refractivity contribution in [1.82, 2.24) is 5.32 Å². The second-order valence-corrected chi connectivity index (χ2v) is 8.41. The van der Waals surface area contributed by atoms with Crippen LogP contribution in [0.3, 0.4) is 0 Å². The molecule has 0 spiro atoms. The van der Waals surface area contributed by atoms with Crippen molar-refractivity contribution in [1.29, 1.82) is 0 Å². The van der Waals surface area contributed by atoms with Crippen molar-refractivity contribution in [2.24, 2.45) is 5.41 Å². The summed E-state index contributed by atoms with van der Waals surface area (Å²) in [6.45, 7) is 10.3. The largest absolute Gasteiger partial charge is 0.313 e. The maximum absolute atomic E-state index is 3.70. The van der Waals surface area contributed by atoms with E-state index in [4.69, 9.17) is 0 Å². The Morgan fingerprint density at radius 3 is 2.55 bits per heavy atom. The van der Waals surface area contributed by atoms with Gasteiger partial charge in [-0.1, -0.05) is 39.8 Å². The van der Waals surface area contributed by atoms with Gasteiger partial charge >= 0.3 is 0 Å². The van der Waals surface area contributed by atoms with Gasteiger partial charge in [0.25, 0.3) is 0 Å². The molecule has 1 atom stereocenters. The summed E-state index contributed by atoms with van der Waals surface area (Å²) in [5.41, 5.74) is 0.421. The fourth-order valence-electron chi connectivity index (χ4n) is 1.95. The Balaban J connectivity index is 2.49. The van der Waals surface area contributed by atoms with Crippen LogP contribution in [0.5, 0.6) is 0 Å². The average Bonchev–Trinajstić information content (AvgIpc) is 2.38. The lowest BCUT2D eigenvalue weighted by molar-refractivity contribution is 0.338. The molecular weight excluding hydrogens is 330 g/mol. The van der Waals surface area contributed by atoms with Crippen molar-refractivity contribution in [3.05, 3.63) is 28.7 Å². The minimum Gasteiger partial charge on any atom is -0.313 e. The Morgan fingerprint density at radius 1 is 1.25 bits per heavy atom. The first-order valence-corrected chi connectivity index (χ1v) is 9.31. The van der Waals surface area contributed by atoms with Crippen LogP contribution in [0.25, 0.3) is 0 Å². The van der Waals surface area contributed by atoms with Crippen molar-refractivity contribution < 1.29 is 0 Å². The quantitative estimate of drug-likeness (QED) is 0.595. The molecule has 1 aromatic carbocycles. The molecule has 3 heteroatoms. The van der Waals surface area contributed by atoms with Gasteiger partial charge in [-0.25, -0.2) is 0 Å². The number of halogens is 1. The molecule has 0 amide bonds. The van der Waals surface area contributed by atoms with Crippen LogP contribution in [0, 0.1) is 5.41 Å². The fraction of sp³-hybridized carbons (Fsp3) is 0.647. The number of rotatable bonds is 8. The van der Waals surface area contributed by atoms with E-state index < -0.39 is 0 Å². The first kappa shape index (κ1) is 18.1. The highest BCUT2D eigenvalue weighted by Gasteiger charge is 2.15. The van der Waals surface area contributed by atoms with Crippen molar-refractivity contribution in [3.8, 4) is 0 Å². The van der Waals surface area contributed by atoms with Gasteiger partial charge in [0.1, 0.15) is 0 Å². The molecule has 1 rings (SSSR count). The van der Waals surface area contributed by atoms with E-state index in [0.717, 1.165) is 12.3 Å². The first-order chi connectivity index (χ1) is 9.42. The van der Waals surface area contributed by atoms with Gasteiger partial charge in [0.2, 0.25) is 0 Å². The Hall–Kier alpha value is 0.01000. The third kappa shape index (κ3) is 7.70. The monoisotopic (exact) mass is 357 g/mol. The molecule has 0 radical (unpaired) electrons. The van der Waals surface area contributed by atoms with E-state index in [9.17, 15) is 0 Å². The summed E-state index contributed by atoms with van der Waals surface area (Å²) < 4.78 is 1.20. The smallest absolute Gasteiger partial charge is 0.0311 e. The minimum absolute atomic E-state index is 0.421. The fourth-order valence-corrected chi connectivity index (χ4v) is 3.63. The number of thioether (sulfide) groups is 1. The van der Waals surface area contributed by atoms with Gasteiger partial charge in [-0.15, -0.1) is 11.8 Å². The molecule has 0 heterocycles. The topological polar surface area (TPSA) is 12.0 Å². The molecule has 0 aliphatic heterocycles. The normalized spacial score (nSPS) is 13.4. The summed E-state index contributed by atoms with van der Waals surface area (Å²) in [7, 11) is 0. The second kappa shape index (κ2) is 9.11. The first-order valence-electron chi connectivity index (χ1n) is 7.53. The van der Waals surface area contributed by atoms with E-state index in [0.29, 0.717) is 11.5 Å². The van der Waals surface area contributed by atoms with Crippen molar-refractivity contribution in [3.63, 3.8) is 0 Å². The van der Waals surface area contributed by atoms with E-state index >= 15 is 0 Å². The molecule has 0 aromatic heterocycles. The summed E-state index contributed by atoms with van der Waals surface area (Å²) in [5.74, 6) is 1.14. The standard InChI is InChI=1S/C17H28BrNS/c1-5-12-19-14(10-11-17(2,3)4)13-20-16-9-7-6-8-15(16)18/h6-9,14,19H,5,10-13H2,1-4H3. The van der Waals surface area contributed by atoms with Gasteiger partial charge in [0, 0.05) is 21.2 Å². The van der Waals surface area contributed by atoms with Crippen LogP contribution in [0.15, 0.2) is 33.6 Å². The maximum Gasteiger partial charge on any atom is 0.0311 e. The van der Waals surface area contributed by atoms with Crippen LogP contribution < -0.4 is 5.32 Å².